The lowest BCUT2D eigenvalue weighted by atomic mass is 10.7. The van der Waals surface area contributed by atoms with Gasteiger partial charge < -0.3 is 15.4 Å². The van der Waals surface area contributed by atoms with Gasteiger partial charge in [0.2, 0.25) is 5.91 Å². The summed E-state index contributed by atoms with van der Waals surface area (Å²) in [7, 11) is 0. The average molecular weight is 215 g/mol. The van der Waals surface area contributed by atoms with Crippen molar-refractivity contribution in [2.24, 2.45) is 0 Å². The van der Waals surface area contributed by atoms with Crippen molar-refractivity contribution in [3.63, 3.8) is 0 Å². The zero-order valence-corrected chi connectivity index (χ0v) is 7.61. The first kappa shape index (κ1) is 11.3. The highest BCUT2D eigenvalue weighted by molar-refractivity contribution is 6.27. The number of carbonyl (C=O) groups excluding carboxylic acids is 2. The molecule has 0 saturated carbocycles. The van der Waals surface area contributed by atoms with Gasteiger partial charge in [0.1, 0.15) is 5.88 Å². The van der Waals surface area contributed by atoms with E-state index < -0.39 is 12.0 Å². The van der Waals surface area contributed by atoms with Crippen molar-refractivity contribution in [2.45, 2.75) is 0 Å². The van der Waals surface area contributed by atoms with Gasteiger partial charge in [-0.3, -0.25) is 4.79 Å². The van der Waals surface area contributed by atoms with E-state index >= 15 is 0 Å². The molecule has 0 spiro atoms. The topological polar surface area (TPSA) is 67.4 Å². The van der Waals surface area contributed by atoms with Gasteiger partial charge in [-0.15, -0.1) is 23.2 Å². The number of nitrogens with one attached hydrogen (secondary N) is 2. The Kier molecular flexibility index (Phi) is 6.60. The monoisotopic (exact) mass is 214 g/mol. The number of alkyl halides is 2. The Labute approximate surface area is 79.3 Å². The molecule has 0 unspecified atom stereocenters. The molecule has 5 nitrogen and oxygen atoms in total. The molecular formula is C5H8Cl2N2O3. The molecule has 12 heavy (non-hydrogen) atoms. The Morgan fingerprint density at radius 1 is 1.25 bits per heavy atom. The molecule has 0 rings (SSSR count). The molecular weight excluding hydrogens is 207 g/mol. The van der Waals surface area contributed by atoms with E-state index in [1.165, 1.54) is 0 Å². The largest absolute Gasteiger partial charge is 0.428 e. The molecule has 2 amide bonds. The first-order chi connectivity index (χ1) is 5.70. The van der Waals surface area contributed by atoms with Crippen LogP contribution in [0.2, 0.25) is 0 Å². The minimum atomic E-state index is -0.695. The Hall–Kier alpha value is -0.680. The molecule has 0 heterocycles. The lowest BCUT2D eigenvalue weighted by Crippen LogP contribution is -2.32. The molecule has 0 aliphatic heterocycles. The number of rotatable bonds is 4. The first-order valence-electron chi connectivity index (χ1n) is 3.00. The molecule has 0 aliphatic carbocycles. The molecule has 0 aliphatic rings. The Morgan fingerprint density at radius 2 is 1.92 bits per heavy atom. The standard InChI is InChI=1S/C5H8Cl2N2O3/c6-1-4(10)9-3-12-5(11)8-2-7/h1-3H2,(H,8,11)(H,9,10). The number of carbonyl (C=O) groups is 2. The number of alkyl carbamates (subject to hydrolysis) is 1. The maximum Gasteiger partial charge on any atom is 0.409 e. The van der Waals surface area contributed by atoms with Crippen LogP contribution in [-0.2, 0) is 9.53 Å². The highest BCUT2D eigenvalue weighted by Gasteiger charge is 2.00. The Balaban J connectivity index is 3.30. The predicted octanol–water partition coefficient (Wildman–Crippen LogP) is 0.221. The van der Waals surface area contributed by atoms with Crippen LogP contribution < -0.4 is 10.6 Å². The quantitative estimate of drug-likeness (QED) is 0.400. The fourth-order valence-electron chi connectivity index (χ4n) is 0.335. The molecule has 0 aromatic rings. The number of amides is 2. The SMILES string of the molecule is O=C(CCl)NCOC(=O)NCCl. The smallest absolute Gasteiger partial charge is 0.409 e. The van der Waals surface area contributed by atoms with Crippen LogP contribution >= 0.6 is 23.2 Å². The predicted molar refractivity (Wildman–Crippen MR) is 44.1 cm³/mol. The number of hydrogen-bond donors (Lipinski definition) is 2. The Bertz CT molecular complexity index is 165. The van der Waals surface area contributed by atoms with E-state index in [1.54, 1.807) is 0 Å². The van der Waals surface area contributed by atoms with Gasteiger partial charge in [-0.05, 0) is 0 Å². The minimum absolute atomic E-state index is 0.0394. The van der Waals surface area contributed by atoms with Gasteiger partial charge in [0.25, 0.3) is 0 Å². The molecule has 0 aromatic heterocycles. The van der Waals surface area contributed by atoms with Crippen LogP contribution in [0.4, 0.5) is 4.79 Å². The summed E-state index contributed by atoms with van der Waals surface area (Å²) in [6.07, 6.45) is -0.695. The summed E-state index contributed by atoms with van der Waals surface area (Å²) < 4.78 is 4.43. The molecule has 7 heteroatoms. The van der Waals surface area contributed by atoms with Crippen molar-refractivity contribution >= 4 is 35.2 Å². The van der Waals surface area contributed by atoms with Crippen LogP contribution in [0.1, 0.15) is 0 Å². The van der Waals surface area contributed by atoms with Crippen molar-refractivity contribution in [2.75, 3.05) is 18.6 Å². The number of halogens is 2. The normalized spacial score (nSPS) is 8.83. The summed E-state index contributed by atoms with van der Waals surface area (Å²) in [6, 6.07) is -0.0394. The third-order valence-electron chi connectivity index (χ3n) is 0.805. The van der Waals surface area contributed by atoms with Crippen LogP contribution in [0.3, 0.4) is 0 Å². The van der Waals surface area contributed by atoms with E-state index in [0.717, 1.165) is 0 Å². The molecule has 0 saturated heterocycles. The van der Waals surface area contributed by atoms with Crippen LogP contribution in [-0.4, -0.2) is 30.6 Å². The third-order valence-corrected chi connectivity index (χ3v) is 1.18. The summed E-state index contributed by atoms with van der Waals surface area (Å²) in [4.78, 5) is 21.0. The summed E-state index contributed by atoms with van der Waals surface area (Å²) in [6.45, 7) is -0.214. The lowest BCUT2D eigenvalue weighted by molar-refractivity contribution is -0.119. The number of hydrogen-bond acceptors (Lipinski definition) is 3. The number of ether oxygens (including phenoxy) is 1. The van der Waals surface area contributed by atoms with Gasteiger partial charge >= 0.3 is 6.09 Å². The van der Waals surface area contributed by atoms with Gasteiger partial charge in [0.05, 0.1) is 6.00 Å². The van der Waals surface area contributed by atoms with E-state index in [1.807, 2.05) is 0 Å². The van der Waals surface area contributed by atoms with Crippen LogP contribution in [0.15, 0.2) is 0 Å². The van der Waals surface area contributed by atoms with Gasteiger partial charge in [-0.2, -0.15) is 0 Å². The van der Waals surface area contributed by atoms with E-state index in [2.05, 4.69) is 15.4 Å². The summed E-state index contributed by atoms with van der Waals surface area (Å²) in [5, 5.41) is 4.38. The fraction of sp³-hybridized carbons (Fsp3) is 0.600. The average Bonchev–Trinajstić information content (AvgIpc) is 2.04. The van der Waals surface area contributed by atoms with Crippen LogP contribution in [0.5, 0.6) is 0 Å². The zero-order valence-electron chi connectivity index (χ0n) is 6.10. The van der Waals surface area contributed by atoms with E-state index in [0.29, 0.717) is 0 Å². The molecule has 70 valence electrons. The first-order valence-corrected chi connectivity index (χ1v) is 4.07. The van der Waals surface area contributed by atoms with E-state index in [9.17, 15) is 9.59 Å². The minimum Gasteiger partial charge on any atom is -0.428 e. The Morgan fingerprint density at radius 3 is 2.42 bits per heavy atom. The molecule has 0 fully saturated rings. The second-order valence-electron chi connectivity index (χ2n) is 1.62. The van der Waals surface area contributed by atoms with Gasteiger partial charge in [0.15, 0.2) is 6.73 Å². The highest BCUT2D eigenvalue weighted by atomic mass is 35.5. The molecule has 0 radical (unpaired) electrons. The summed E-state index contributed by atoms with van der Waals surface area (Å²) >= 11 is 10.3. The maximum absolute atomic E-state index is 10.5. The van der Waals surface area contributed by atoms with Crippen molar-refractivity contribution in [3.8, 4) is 0 Å². The zero-order chi connectivity index (χ0) is 9.40. The van der Waals surface area contributed by atoms with Crippen molar-refractivity contribution in [1.29, 1.82) is 0 Å². The molecule has 0 atom stereocenters. The van der Waals surface area contributed by atoms with Gasteiger partial charge in [-0.1, -0.05) is 0 Å². The lowest BCUT2D eigenvalue weighted by Gasteiger charge is -2.04. The highest BCUT2D eigenvalue weighted by Crippen LogP contribution is 1.78. The summed E-state index contributed by atoms with van der Waals surface area (Å²) in [5.74, 6) is -0.573. The summed E-state index contributed by atoms with van der Waals surface area (Å²) in [5.41, 5.74) is 0. The fourth-order valence-corrected chi connectivity index (χ4v) is 0.539. The van der Waals surface area contributed by atoms with Crippen LogP contribution in [0, 0.1) is 0 Å². The van der Waals surface area contributed by atoms with Gasteiger partial charge in [0, 0.05) is 0 Å². The molecule has 0 bridgehead atoms. The third kappa shape index (κ3) is 6.06. The van der Waals surface area contributed by atoms with Crippen LogP contribution in [0.25, 0.3) is 0 Å². The van der Waals surface area contributed by atoms with Crippen molar-refractivity contribution in [3.05, 3.63) is 0 Å². The van der Waals surface area contributed by atoms with E-state index in [4.69, 9.17) is 23.2 Å². The maximum atomic E-state index is 10.5. The molecule has 0 aromatic carbocycles. The van der Waals surface area contributed by atoms with Crippen molar-refractivity contribution in [1.82, 2.24) is 10.6 Å². The van der Waals surface area contributed by atoms with Crippen molar-refractivity contribution < 1.29 is 14.3 Å². The second kappa shape index (κ2) is 7.00. The molecule has 2 N–H and O–H groups in total. The van der Waals surface area contributed by atoms with Gasteiger partial charge in [-0.25, -0.2) is 4.79 Å². The van der Waals surface area contributed by atoms with E-state index in [-0.39, 0.29) is 18.6 Å². The second-order valence-corrected chi connectivity index (χ2v) is 2.15.